The Morgan fingerprint density at radius 2 is 1.67 bits per heavy atom. The van der Waals surface area contributed by atoms with Crippen molar-refractivity contribution in [3.8, 4) is 0 Å². The maximum absolute atomic E-state index is 14.1. The van der Waals surface area contributed by atoms with E-state index in [0.29, 0.717) is 18.2 Å². The molecule has 1 unspecified atom stereocenters. The lowest BCUT2D eigenvalue weighted by Gasteiger charge is -2.40. The van der Waals surface area contributed by atoms with Crippen molar-refractivity contribution in [3.63, 3.8) is 0 Å². The van der Waals surface area contributed by atoms with Crippen LogP contribution in [0.1, 0.15) is 22.7 Å². The fraction of sp³-hybridized carbons (Fsp3) is 0.148. The van der Waals surface area contributed by atoms with Crippen molar-refractivity contribution < 1.29 is 8.78 Å². The third-order valence-corrected chi connectivity index (χ3v) is 6.13. The number of thiocarbonyl (C=S) groups is 1. The van der Waals surface area contributed by atoms with Crippen LogP contribution in [0.3, 0.4) is 0 Å². The van der Waals surface area contributed by atoms with Gasteiger partial charge < -0.3 is 10.6 Å². The first-order valence-electron chi connectivity index (χ1n) is 10.8. The van der Waals surface area contributed by atoms with Crippen LogP contribution in [0.4, 0.5) is 8.78 Å². The predicted octanol–water partition coefficient (Wildman–Crippen LogP) is 5.34. The SMILES string of the molecule is Fc1cccc(/C=C2\CN(Cc3ccccc3)CC3=C2NC(=S)NC3c2cccc(F)c2)c1. The number of nitrogens with zero attached hydrogens (tertiary/aromatic N) is 1. The highest BCUT2D eigenvalue weighted by molar-refractivity contribution is 7.80. The molecule has 166 valence electrons. The zero-order chi connectivity index (χ0) is 22.8. The molecule has 0 bridgehead atoms. The third kappa shape index (κ3) is 4.87. The van der Waals surface area contributed by atoms with Gasteiger partial charge in [0.15, 0.2) is 5.11 Å². The normalized spacial score (nSPS) is 19.8. The Bertz CT molecular complexity index is 1250. The Balaban J connectivity index is 1.59. The molecule has 0 spiro atoms. The van der Waals surface area contributed by atoms with E-state index in [1.165, 1.54) is 23.8 Å². The minimum absolute atomic E-state index is 0.251. The van der Waals surface area contributed by atoms with Gasteiger partial charge in [0, 0.05) is 25.3 Å². The zero-order valence-corrected chi connectivity index (χ0v) is 18.7. The minimum Gasteiger partial charge on any atom is -0.352 e. The van der Waals surface area contributed by atoms with E-state index in [1.807, 2.05) is 36.4 Å². The molecule has 2 aliphatic rings. The van der Waals surface area contributed by atoms with E-state index in [1.54, 1.807) is 18.2 Å². The van der Waals surface area contributed by atoms with Crippen molar-refractivity contribution in [2.45, 2.75) is 12.6 Å². The van der Waals surface area contributed by atoms with Crippen LogP contribution in [0.25, 0.3) is 6.08 Å². The van der Waals surface area contributed by atoms with Gasteiger partial charge in [-0.1, -0.05) is 54.6 Å². The van der Waals surface area contributed by atoms with Gasteiger partial charge in [0.25, 0.3) is 0 Å². The van der Waals surface area contributed by atoms with Crippen LogP contribution in [0.5, 0.6) is 0 Å². The summed E-state index contributed by atoms with van der Waals surface area (Å²) in [4.78, 5) is 2.34. The first-order chi connectivity index (χ1) is 16.0. The summed E-state index contributed by atoms with van der Waals surface area (Å²) in [5, 5.41) is 7.13. The van der Waals surface area contributed by atoms with E-state index < -0.39 is 0 Å². The molecule has 33 heavy (non-hydrogen) atoms. The number of halogens is 2. The van der Waals surface area contributed by atoms with E-state index in [4.69, 9.17) is 12.2 Å². The van der Waals surface area contributed by atoms with E-state index in [0.717, 1.165) is 34.5 Å². The predicted molar refractivity (Wildman–Crippen MR) is 131 cm³/mol. The molecule has 6 heteroatoms. The lowest BCUT2D eigenvalue weighted by Crippen LogP contribution is -2.49. The van der Waals surface area contributed by atoms with Crippen LogP contribution in [0, 0.1) is 11.6 Å². The van der Waals surface area contributed by atoms with Gasteiger partial charge in [-0.2, -0.15) is 0 Å². The Morgan fingerprint density at radius 3 is 2.42 bits per heavy atom. The van der Waals surface area contributed by atoms with Crippen LogP contribution >= 0.6 is 12.2 Å². The maximum Gasteiger partial charge on any atom is 0.171 e. The van der Waals surface area contributed by atoms with Gasteiger partial charge in [-0.15, -0.1) is 0 Å². The first-order valence-corrected chi connectivity index (χ1v) is 11.2. The van der Waals surface area contributed by atoms with Crippen molar-refractivity contribution in [2.75, 3.05) is 13.1 Å². The number of hydrogen-bond acceptors (Lipinski definition) is 2. The molecular formula is C27H23F2N3S. The Labute approximate surface area is 197 Å². The smallest absolute Gasteiger partial charge is 0.171 e. The topological polar surface area (TPSA) is 27.3 Å². The molecule has 0 aromatic heterocycles. The van der Waals surface area contributed by atoms with Gasteiger partial charge in [0.1, 0.15) is 11.6 Å². The highest BCUT2D eigenvalue weighted by Gasteiger charge is 2.33. The summed E-state index contributed by atoms with van der Waals surface area (Å²) in [5.41, 5.74) is 5.84. The Kier molecular flexibility index (Phi) is 6.03. The maximum atomic E-state index is 14.1. The summed E-state index contributed by atoms with van der Waals surface area (Å²) in [5.74, 6) is -0.560. The molecule has 3 aromatic carbocycles. The van der Waals surface area contributed by atoms with Gasteiger partial charge in [-0.3, -0.25) is 4.90 Å². The minimum atomic E-state index is -0.284. The van der Waals surface area contributed by atoms with Crippen molar-refractivity contribution in [2.24, 2.45) is 0 Å². The second kappa shape index (κ2) is 9.25. The molecule has 0 saturated heterocycles. The molecule has 0 saturated carbocycles. The second-order valence-electron chi connectivity index (χ2n) is 8.34. The molecule has 0 aliphatic carbocycles. The average Bonchev–Trinajstić information content (AvgIpc) is 2.80. The quantitative estimate of drug-likeness (QED) is 0.516. The molecule has 2 heterocycles. The molecular weight excluding hydrogens is 436 g/mol. The monoisotopic (exact) mass is 459 g/mol. The van der Waals surface area contributed by atoms with Gasteiger partial charge in [0.05, 0.1) is 6.04 Å². The summed E-state index contributed by atoms with van der Waals surface area (Å²) in [7, 11) is 0. The zero-order valence-electron chi connectivity index (χ0n) is 17.9. The summed E-state index contributed by atoms with van der Waals surface area (Å²) in [6, 6.07) is 23.2. The van der Waals surface area contributed by atoms with E-state index in [-0.39, 0.29) is 17.7 Å². The molecule has 0 radical (unpaired) electrons. The lowest BCUT2D eigenvalue weighted by atomic mass is 9.88. The second-order valence-corrected chi connectivity index (χ2v) is 8.75. The number of benzene rings is 3. The average molecular weight is 460 g/mol. The molecule has 2 aliphatic heterocycles. The van der Waals surface area contributed by atoms with Gasteiger partial charge in [0.2, 0.25) is 0 Å². The molecule has 2 N–H and O–H groups in total. The van der Waals surface area contributed by atoms with Crippen molar-refractivity contribution in [1.29, 1.82) is 0 Å². The number of rotatable bonds is 4. The molecule has 0 fully saturated rings. The number of hydrogen-bond donors (Lipinski definition) is 2. The lowest BCUT2D eigenvalue weighted by molar-refractivity contribution is 0.292. The Morgan fingerprint density at radius 1 is 0.909 bits per heavy atom. The molecule has 0 amide bonds. The van der Waals surface area contributed by atoms with Crippen molar-refractivity contribution >= 4 is 23.4 Å². The van der Waals surface area contributed by atoms with Gasteiger partial charge in [-0.05, 0) is 70.4 Å². The van der Waals surface area contributed by atoms with Crippen molar-refractivity contribution in [1.82, 2.24) is 15.5 Å². The van der Waals surface area contributed by atoms with Crippen molar-refractivity contribution in [3.05, 3.63) is 124 Å². The summed E-state index contributed by atoms with van der Waals surface area (Å²) < 4.78 is 27.9. The fourth-order valence-electron chi connectivity index (χ4n) is 4.51. The molecule has 3 nitrogen and oxygen atoms in total. The van der Waals surface area contributed by atoms with Gasteiger partial charge >= 0.3 is 0 Å². The standard InChI is InChI=1S/C27H23F2N3S/c28-22-10-4-8-19(13-22)12-21-16-32(15-18-6-2-1-3-7-18)17-24-25(30-27(33)31-26(21)24)20-9-5-11-23(29)14-20/h1-14,25H,15-17H2,(H2,30,31,33)/b21-12+. The fourth-order valence-corrected chi connectivity index (χ4v) is 4.73. The molecule has 5 rings (SSSR count). The van der Waals surface area contributed by atoms with Crippen LogP contribution in [-0.4, -0.2) is 23.1 Å². The number of nitrogens with one attached hydrogen (secondary N) is 2. The van der Waals surface area contributed by atoms with Crippen LogP contribution in [0.15, 0.2) is 95.7 Å². The van der Waals surface area contributed by atoms with Crippen LogP contribution < -0.4 is 10.6 Å². The van der Waals surface area contributed by atoms with Gasteiger partial charge in [-0.25, -0.2) is 8.78 Å². The first kappa shape index (κ1) is 21.5. The summed E-state index contributed by atoms with van der Waals surface area (Å²) in [6.45, 7) is 2.13. The molecule has 3 aromatic rings. The van der Waals surface area contributed by atoms with Crippen LogP contribution in [0.2, 0.25) is 0 Å². The highest BCUT2D eigenvalue weighted by Crippen LogP contribution is 2.35. The highest BCUT2D eigenvalue weighted by atomic mass is 32.1. The van der Waals surface area contributed by atoms with E-state index >= 15 is 0 Å². The largest absolute Gasteiger partial charge is 0.352 e. The van der Waals surface area contributed by atoms with Crippen LogP contribution in [-0.2, 0) is 6.54 Å². The summed E-state index contributed by atoms with van der Waals surface area (Å²) >= 11 is 5.51. The Hall–Kier alpha value is -3.35. The third-order valence-electron chi connectivity index (χ3n) is 5.91. The van der Waals surface area contributed by atoms with E-state index in [2.05, 4.69) is 27.7 Å². The van der Waals surface area contributed by atoms with E-state index in [9.17, 15) is 8.78 Å². The molecule has 1 atom stereocenters. The summed E-state index contributed by atoms with van der Waals surface area (Å²) in [6.07, 6.45) is 2.00.